The van der Waals surface area contributed by atoms with Gasteiger partial charge in [0.1, 0.15) is 17.4 Å². The predicted molar refractivity (Wildman–Crippen MR) is 96.7 cm³/mol. The van der Waals surface area contributed by atoms with Gasteiger partial charge in [0.2, 0.25) is 5.95 Å². The highest BCUT2D eigenvalue weighted by atomic mass is 16.3. The minimum Gasteiger partial charge on any atom is -0.467 e. The van der Waals surface area contributed by atoms with Crippen molar-refractivity contribution in [1.82, 2.24) is 15.0 Å². The minimum absolute atomic E-state index is 0.608. The summed E-state index contributed by atoms with van der Waals surface area (Å²) >= 11 is 0. The summed E-state index contributed by atoms with van der Waals surface area (Å²) in [5.41, 5.74) is 0. The fraction of sp³-hybridized carbons (Fsp3) is 0.278. The molecule has 25 heavy (non-hydrogen) atoms. The van der Waals surface area contributed by atoms with Gasteiger partial charge < -0.3 is 19.5 Å². The van der Waals surface area contributed by atoms with E-state index < -0.39 is 0 Å². The van der Waals surface area contributed by atoms with Crippen molar-refractivity contribution in [3.05, 3.63) is 60.8 Å². The molecule has 1 aliphatic heterocycles. The van der Waals surface area contributed by atoms with E-state index in [2.05, 4.69) is 30.1 Å². The summed E-state index contributed by atoms with van der Waals surface area (Å²) in [4.78, 5) is 18.0. The fourth-order valence-corrected chi connectivity index (χ4v) is 2.87. The Hall–Kier alpha value is -3.09. The molecule has 0 aliphatic carbocycles. The van der Waals surface area contributed by atoms with Gasteiger partial charge >= 0.3 is 0 Å². The topological polar surface area (TPSA) is 70.3 Å². The van der Waals surface area contributed by atoms with Gasteiger partial charge in [0.05, 0.1) is 12.8 Å². The Morgan fingerprint density at radius 3 is 2.56 bits per heavy atom. The first kappa shape index (κ1) is 15.4. The van der Waals surface area contributed by atoms with Crippen LogP contribution >= 0.6 is 0 Å². The largest absolute Gasteiger partial charge is 0.467 e. The number of hydrogen-bond donors (Lipinski definition) is 1. The average molecular weight is 336 g/mol. The summed E-state index contributed by atoms with van der Waals surface area (Å²) in [6.07, 6.45) is 5.29. The van der Waals surface area contributed by atoms with Crippen LogP contribution in [-0.2, 0) is 6.54 Å². The first-order valence-corrected chi connectivity index (χ1v) is 8.39. The quantitative estimate of drug-likeness (QED) is 0.767. The predicted octanol–water partition coefficient (Wildman–Crippen LogP) is 2.40. The molecule has 0 aromatic carbocycles. The van der Waals surface area contributed by atoms with Crippen molar-refractivity contribution in [3.63, 3.8) is 0 Å². The molecule has 3 aromatic rings. The summed E-state index contributed by atoms with van der Waals surface area (Å²) in [5, 5.41) is 3.27. The van der Waals surface area contributed by atoms with E-state index in [1.807, 2.05) is 42.6 Å². The van der Waals surface area contributed by atoms with E-state index in [0.29, 0.717) is 6.54 Å². The lowest BCUT2D eigenvalue weighted by Gasteiger charge is -2.35. The van der Waals surface area contributed by atoms with Crippen LogP contribution < -0.4 is 15.1 Å². The highest BCUT2D eigenvalue weighted by Gasteiger charge is 2.19. The van der Waals surface area contributed by atoms with Crippen molar-refractivity contribution in [2.45, 2.75) is 6.54 Å². The van der Waals surface area contributed by atoms with Crippen LogP contribution in [0.4, 0.5) is 17.6 Å². The van der Waals surface area contributed by atoms with Gasteiger partial charge in [-0.15, -0.1) is 0 Å². The monoisotopic (exact) mass is 336 g/mol. The normalized spacial score (nSPS) is 14.6. The molecule has 128 valence electrons. The van der Waals surface area contributed by atoms with Crippen LogP contribution in [0.3, 0.4) is 0 Å². The van der Waals surface area contributed by atoms with E-state index in [-0.39, 0.29) is 0 Å². The lowest BCUT2D eigenvalue weighted by Crippen LogP contribution is -2.47. The Labute approximate surface area is 146 Å². The zero-order valence-electron chi connectivity index (χ0n) is 13.9. The molecule has 0 amide bonds. The Bertz CT molecular complexity index is 784. The van der Waals surface area contributed by atoms with Crippen LogP contribution in [0.1, 0.15) is 5.76 Å². The summed E-state index contributed by atoms with van der Waals surface area (Å²) in [6, 6.07) is 11.7. The summed E-state index contributed by atoms with van der Waals surface area (Å²) in [5.74, 6) is 3.46. The molecular weight excluding hydrogens is 316 g/mol. The maximum absolute atomic E-state index is 5.33. The molecule has 0 unspecified atom stereocenters. The van der Waals surface area contributed by atoms with Gasteiger partial charge in [0.15, 0.2) is 0 Å². The van der Waals surface area contributed by atoms with Crippen molar-refractivity contribution < 1.29 is 4.42 Å². The Balaban J connectivity index is 1.37. The number of rotatable bonds is 5. The summed E-state index contributed by atoms with van der Waals surface area (Å²) < 4.78 is 5.33. The molecule has 1 fully saturated rings. The molecule has 7 heteroatoms. The van der Waals surface area contributed by atoms with Crippen molar-refractivity contribution >= 4 is 17.6 Å². The zero-order valence-corrected chi connectivity index (χ0v) is 13.9. The lowest BCUT2D eigenvalue weighted by molar-refractivity contribution is 0.517. The number of hydrogen-bond acceptors (Lipinski definition) is 7. The molecule has 1 saturated heterocycles. The second kappa shape index (κ2) is 7.21. The van der Waals surface area contributed by atoms with E-state index in [1.54, 1.807) is 12.5 Å². The lowest BCUT2D eigenvalue weighted by atomic mass is 10.3. The van der Waals surface area contributed by atoms with Crippen LogP contribution in [0.15, 0.2) is 59.5 Å². The minimum atomic E-state index is 0.608. The first-order chi connectivity index (χ1) is 12.4. The van der Waals surface area contributed by atoms with Crippen LogP contribution in [0.5, 0.6) is 0 Å². The highest BCUT2D eigenvalue weighted by molar-refractivity contribution is 5.45. The molecule has 0 radical (unpaired) electrons. The molecule has 0 atom stereocenters. The average Bonchev–Trinajstić information content (AvgIpc) is 3.21. The molecule has 7 nitrogen and oxygen atoms in total. The van der Waals surface area contributed by atoms with Crippen LogP contribution in [0.25, 0.3) is 0 Å². The standard InChI is InChI=1S/C18H20N6O/c1-2-7-19-17(5-1)23-9-11-24(12-10-23)18-20-8-6-16(22-18)21-14-15-4-3-13-25-15/h1-8,13H,9-12,14H2,(H,20,21,22). The van der Waals surface area contributed by atoms with Crippen LogP contribution in [-0.4, -0.2) is 41.1 Å². The Morgan fingerprint density at radius 2 is 1.80 bits per heavy atom. The molecular formula is C18H20N6O. The molecule has 4 rings (SSSR count). The molecule has 4 heterocycles. The number of furan rings is 1. The first-order valence-electron chi connectivity index (χ1n) is 8.39. The van der Waals surface area contributed by atoms with Crippen molar-refractivity contribution in [3.8, 4) is 0 Å². The third-order valence-corrected chi connectivity index (χ3v) is 4.20. The second-order valence-corrected chi connectivity index (χ2v) is 5.84. The van der Waals surface area contributed by atoms with Gasteiger partial charge in [-0.05, 0) is 30.3 Å². The third-order valence-electron chi connectivity index (χ3n) is 4.20. The highest BCUT2D eigenvalue weighted by Crippen LogP contribution is 2.17. The number of anilines is 3. The van der Waals surface area contributed by atoms with Gasteiger partial charge in [-0.2, -0.15) is 4.98 Å². The smallest absolute Gasteiger partial charge is 0.227 e. The molecule has 1 aliphatic rings. The molecule has 1 N–H and O–H groups in total. The van der Waals surface area contributed by atoms with Crippen LogP contribution in [0, 0.1) is 0 Å². The number of piperazine rings is 1. The SMILES string of the molecule is c1ccc(N2CCN(c3nccc(NCc4ccco4)n3)CC2)nc1. The van der Waals surface area contributed by atoms with E-state index in [9.17, 15) is 0 Å². The second-order valence-electron chi connectivity index (χ2n) is 5.84. The van der Waals surface area contributed by atoms with Crippen LogP contribution in [0.2, 0.25) is 0 Å². The zero-order chi connectivity index (χ0) is 16.9. The number of pyridine rings is 1. The van der Waals surface area contributed by atoms with Crippen molar-refractivity contribution in [2.24, 2.45) is 0 Å². The maximum Gasteiger partial charge on any atom is 0.227 e. The number of nitrogens with one attached hydrogen (secondary N) is 1. The summed E-state index contributed by atoms with van der Waals surface area (Å²) in [7, 11) is 0. The number of nitrogens with zero attached hydrogens (tertiary/aromatic N) is 5. The fourth-order valence-electron chi connectivity index (χ4n) is 2.87. The Kier molecular flexibility index (Phi) is 4.45. The van der Waals surface area contributed by atoms with Gasteiger partial charge in [-0.25, -0.2) is 9.97 Å². The van der Waals surface area contributed by atoms with E-state index in [0.717, 1.165) is 49.5 Å². The molecule has 0 saturated carbocycles. The summed E-state index contributed by atoms with van der Waals surface area (Å²) in [6.45, 7) is 4.17. The van der Waals surface area contributed by atoms with Gasteiger partial charge in [-0.1, -0.05) is 6.07 Å². The van der Waals surface area contributed by atoms with E-state index in [1.165, 1.54) is 0 Å². The van der Waals surface area contributed by atoms with Gasteiger partial charge in [-0.3, -0.25) is 0 Å². The molecule has 3 aromatic heterocycles. The van der Waals surface area contributed by atoms with E-state index >= 15 is 0 Å². The number of aromatic nitrogens is 3. The Morgan fingerprint density at radius 1 is 0.920 bits per heavy atom. The van der Waals surface area contributed by atoms with Crippen molar-refractivity contribution in [2.75, 3.05) is 41.3 Å². The van der Waals surface area contributed by atoms with E-state index in [4.69, 9.17) is 4.42 Å². The van der Waals surface area contributed by atoms with Gasteiger partial charge in [0.25, 0.3) is 0 Å². The van der Waals surface area contributed by atoms with Crippen molar-refractivity contribution in [1.29, 1.82) is 0 Å². The third kappa shape index (κ3) is 3.71. The molecule has 0 bridgehead atoms. The molecule has 0 spiro atoms. The van der Waals surface area contributed by atoms with Gasteiger partial charge in [0, 0.05) is 38.6 Å². The maximum atomic E-state index is 5.33.